The van der Waals surface area contributed by atoms with Crippen LogP contribution in [0.5, 0.6) is 11.5 Å². The van der Waals surface area contributed by atoms with Crippen LogP contribution in [0.2, 0.25) is 0 Å². The Morgan fingerprint density at radius 2 is 2.00 bits per heavy atom. The van der Waals surface area contributed by atoms with Gasteiger partial charge in [0.1, 0.15) is 0 Å². The average molecular weight is 300 g/mol. The highest BCUT2D eigenvalue weighted by atomic mass is 32.1. The fourth-order valence-corrected chi connectivity index (χ4v) is 2.88. The molecule has 1 aromatic carbocycles. The van der Waals surface area contributed by atoms with E-state index in [2.05, 4.69) is 4.98 Å². The zero-order valence-electron chi connectivity index (χ0n) is 11.9. The van der Waals surface area contributed by atoms with E-state index in [0.29, 0.717) is 6.61 Å². The van der Waals surface area contributed by atoms with Crippen molar-refractivity contribution in [3.63, 3.8) is 0 Å². The fourth-order valence-electron chi connectivity index (χ4n) is 2.08. The second kappa shape index (κ2) is 6.01. The number of benzene rings is 1. The number of rotatable bonds is 5. The molecule has 0 amide bonds. The molecule has 0 saturated carbocycles. The third-order valence-corrected chi connectivity index (χ3v) is 3.93. The van der Waals surface area contributed by atoms with Crippen LogP contribution in [-0.2, 0) is 0 Å². The van der Waals surface area contributed by atoms with E-state index in [0.717, 1.165) is 27.9 Å². The molecule has 21 heavy (non-hydrogen) atoms. The molecule has 0 aliphatic carbocycles. The summed E-state index contributed by atoms with van der Waals surface area (Å²) in [7, 11) is 1.65. The Balaban J connectivity index is 1.93. The molecular formula is C16H16N2O2S. The van der Waals surface area contributed by atoms with E-state index in [4.69, 9.17) is 9.47 Å². The van der Waals surface area contributed by atoms with Gasteiger partial charge < -0.3 is 14.0 Å². The molecule has 0 fully saturated rings. The van der Waals surface area contributed by atoms with Crippen LogP contribution >= 0.6 is 11.3 Å². The van der Waals surface area contributed by atoms with Crippen molar-refractivity contribution in [3.05, 3.63) is 48.1 Å². The fraction of sp³-hybridized carbons (Fsp3) is 0.188. The lowest BCUT2D eigenvalue weighted by atomic mass is 10.1. The number of hydrogen-bond acceptors (Lipinski definition) is 4. The molecule has 3 aromatic rings. The van der Waals surface area contributed by atoms with E-state index >= 15 is 0 Å². The molecule has 0 atom stereocenters. The molecule has 0 aliphatic rings. The Morgan fingerprint density at radius 3 is 2.71 bits per heavy atom. The summed E-state index contributed by atoms with van der Waals surface area (Å²) in [5.41, 5.74) is 1.95. The summed E-state index contributed by atoms with van der Waals surface area (Å²) >= 11 is 1.61. The van der Waals surface area contributed by atoms with Crippen molar-refractivity contribution in [1.29, 1.82) is 0 Å². The minimum absolute atomic E-state index is 0.615. The molecule has 108 valence electrons. The molecule has 0 spiro atoms. The third kappa shape index (κ3) is 2.78. The number of nitrogens with zero attached hydrogens (tertiary/aromatic N) is 2. The summed E-state index contributed by atoms with van der Waals surface area (Å²) in [6.45, 7) is 2.57. The summed E-state index contributed by atoms with van der Waals surface area (Å²) < 4.78 is 12.9. The van der Waals surface area contributed by atoms with Crippen molar-refractivity contribution >= 4 is 11.3 Å². The van der Waals surface area contributed by atoms with Gasteiger partial charge in [-0.15, -0.1) is 11.3 Å². The molecule has 0 radical (unpaired) electrons. The molecule has 0 aliphatic heterocycles. The van der Waals surface area contributed by atoms with E-state index in [1.54, 1.807) is 18.4 Å². The van der Waals surface area contributed by atoms with Crippen molar-refractivity contribution in [3.8, 4) is 27.9 Å². The van der Waals surface area contributed by atoms with Gasteiger partial charge in [0.2, 0.25) is 0 Å². The van der Waals surface area contributed by atoms with Gasteiger partial charge >= 0.3 is 0 Å². The predicted octanol–water partition coefficient (Wildman–Crippen LogP) is 4.01. The van der Waals surface area contributed by atoms with E-state index in [-0.39, 0.29) is 0 Å². The number of thiazole rings is 1. The summed E-state index contributed by atoms with van der Waals surface area (Å²) in [6, 6.07) is 9.86. The first-order valence-electron chi connectivity index (χ1n) is 6.72. The lowest BCUT2D eigenvalue weighted by Crippen LogP contribution is -1.95. The van der Waals surface area contributed by atoms with Gasteiger partial charge in [-0.3, -0.25) is 0 Å². The van der Waals surface area contributed by atoms with Crippen LogP contribution in [0, 0.1) is 0 Å². The molecule has 4 nitrogen and oxygen atoms in total. The van der Waals surface area contributed by atoms with Gasteiger partial charge in [0.05, 0.1) is 19.4 Å². The zero-order valence-corrected chi connectivity index (χ0v) is 12.8. The van der Waals surface area contributed by atoms with Gasteiger partial charge in [0.15, 0.2) is 16.6 Å². The minimum atomic E-state index is 0.615. The van der Waals surface area contributed by atoms with Crippen LogP contribution in [0.15, 0.2) is 48.1 Å². The molecule has 0 N–H and O–H groups in total. The highest BCUT2D eigenvalue weighted by Gasteiger charge is 2.10. The summed E-state index contributed by atoms with van der Waals surface area (Å²) in [5, 5.41) is 2.99. The Hall–Kier alpha value is -2.27. The average Bonchev–Trinajstić information content (AvgIpc) is 3.19. The minimum Gasteiger partial charge on any atom is -0.493 e. The first-order chi connectivity index (χ1) is 10.3. The highest BCUT2D eigenvalue weighted by Crippen LogP contribution is 2.33. The Kier molecular flexibility index (Phi) is 3.92. The number of aromatic nitrogens is 2. The van der Waals surface area contributed by atoms with Crippen LogP contribution in [0.4, 0.5) is 0 Å². The normalized spacial score (nSPS) is 10.6. The summed E-state index contributed by atoms with van der Waals surface area (Å²) in [6.07, 6.45) is 3.97. The molecule has 0 bridgehead atoms. The quantitative estimate of drug-likeness (QED) is 0.714. The Bertz CT molecular complexity index is 720. The van der Waals surface area contributed by atoms with Crippen molar-refractivity contribution in [1.82, 2.24) is 9.55 Å². The first-order valence-corrected chi connectivity index (χ1v) is 7.60. The van der Waals surface area contributed by atoms with Gasteiger partial charge in [-0.2, -0.15) is 0 Å². The Morgan fingerprint density at radius 1 is 1.19 bits per heavy atom. The van der Waals surface area contributed by atoms with Crippen molar-refractivity contribution < 1.29 is 9.47 Å². The van der Waals surface area contributed by atoms with Crippen LogP contribution in [-0.4, -0.2) is 23.3 Å². The topological polar surface area (TPSA) is 36.3 Å². The van der Waals surface area contributed by atoms with Gasteiger partial charge in [0, 0.05) is 23.3 Å². The smallest absolute Gasteiger partial charge is 0.194 e. The zero-order chi connectivity index (χ0) is 14.7. The monoisotopic (exact) mass is 300 g/mol. The standard InChI is InChI=1S/C16H16N2O2S/c1-3-20-14-7-6-12(10-15(14)19-2)13-11-21-16(17-13)18-8-4-5-9-18/h4-11H,3H2,1-2H3. The first kappa shape index (κ1) is 13.7. The SMILES string of the molecule is CCOc1ccc(-c2csc(-n3cccc3)n2)cc1OC. The van der Waals surface area contributed by atoms with E-state index < -0.39 is 0 Å². The van der Waals surface area contributed by atoms with Crippen LogP contribution < -0.4 is 9.47 Å². The highest BCUT2D eigenvalue weighted by molar-refractivity contribution is 7.12. The lowest BCUT2D eigenvalue weighted by molar-refractivity contribution is 0.311. The maximum atomic E-state index is 5.54. The Labute approximate surface area is 127 Å². The van der Waals surface area contributed by atoms with Crippen molar-refractivity contribution in [2.24, 2.45) is 0 Å². The van der Waals surface area contributed by atoms with Gasteiger partial charge in [-0.25, -0.2) is 4.98 Å². The van der Waals surface area contributed by atoms with Crippen LogP contribution in [0.1, 0.15) is 6.92 Å². The number of methoxy groups -OCH3 is 1. The molecule has 0 saturated heterocycles. The second-order valence-corrected chi connectivity index (χ2v) is 5.24. The van der Waals surface area contributed by atoms with E-state index in [9.17, 15) is 0 Å². The van der Waals surface area contributed by atoms with Crippen LogP contribution in [0.25, 0.3) is 16.4 Å². The summed E-state index contributed by atoms with van der Waals surface area (Å²) in [5.74, 6) is 1.48. The van der Waals surface area contributed by atoms with E-state index in [1.807, 2.05) is 59.6 Å². The molecule has 0 unspecified atom stereocenters. The summed E-state index contributed by atoms with van der Waals surface area (Å²) in [4.78, 5) is 4.66. The largest absolute Gasteiger partial charge is 0.493 e. The molecular weight excluding hydrogens is 284 g/mol. The third-order valence-electron chi connectivity index (χ3n) is 3.08. The van der Waals surface area contributed by atoms with Gasteiger partial charge in [0.25, 0.3) is 0 Å². The van der Waals surface area contributed by atoms with Crippen LogP contribution in [0.3, 0.4) is 0 Å². The van der Waals surface area contributed by atoms with Gasteiger partial charge in [-0.1, -0.05) is 0 Å². The van der Waals surface area contributed by atoms with Gasteiger partial charge in [-0.05, 0) is 37.3 Å². The van der Waals surface area contributed by atoms with Crippen molar-refractivity contribution in [2.45, 2.75) is 6.92 Å². The van der Waals surface area contributed by atoms with E-state index in [1.165, 1.54) is 0 Å². The molecule has 2 heterocycles. The molecule has 5 heteroatoms. The lowest BCUT2D eigenvalue weighted by Gasteiger charge is -2.10. The van der Waals surface area contributed by atoms with Crippen molar-refractivity contribution in [2.75, 3.05) is 13.7 Å². The number of ether oxygens (including phenoxy) is 2. The number of hydrogen-bond donors (Lipinski definition) is 0. The molecule has 2 aromatic heterocycles. The predicted molar refractivity (Wildman–Crippen MR) is 84.6 cm³/mol. The maximum Gasteiger partial charge on any atom is 0.194 e. The molecule has 3 rings (SSSR count). The maximum absolute atomic E-state index is 5.54. The second-order valence-electron chi connectivity index (χ2n) is 4.40.